The number of hydrogen-bond donors (Lipinski definition) is 5. The molecule has 1 saturated carbocycles. The number of nitriles is 1. The molecule has 4 aromatic rings. The summed E-state index contributed by atoms with van der Waals surface area (Å²) in [6.45, 7) is 0.307. The minimum absolute atomic E-state index is 0.0342. The maximum Gasteiger partial charge on any atom is 0.248 e. The molecule has 9 nitrogen and oxygen atoms in total. The van der Waals surface area contributed by atoms with E-state index in [9.17, 15) is 15.2 Å². The topological polar surface area (TPSA) is 169 Å². The number of halogens is 1. The fourth-order valence-electron chi connectivity index (χ4n) is 5.03. The monoisotopic (exact) mass is 553 g/mol. The van der Waals surface area contributed by atoms with Crippen LogP contribution in [0.1, 0.15) is 70.3 Å². The summed E-state index contributed by atoms with van der Waals surface area (Å²) in [5.74, 6) is -0.513. The zero-order valence-electron chi connectivity index (χ0n) is 22.4. The van der Waals surface area contributed by atoms with Crippen molar-refractivity contribution < 1.29 is 14.3 Å². The van der Waals surface area contributed by atoms with Crippen LogP contribution >= 0.6 is 0 Å². The van der Waals surface area contributed by atoms with Gasteiger partial charge in [0.15, 0.2) is 11.9 Å². The first kappa shape index (κ1) is 28.0. The first-order valence-corrected chi connectivity index (χ1v) is 13.4. The molecule has 1 amide bonds. The Morgan fingerprint density at radius 3 is 2.54 bits per heavy atom. The van der Waals surface area contributed by atoms with Gasteiger partial charge in [0.25, 0.3) is 0 Å². The van der Waals surface area contributed by atoms with E-state index in [-0.39, 0.29) is 17.1 Å². The Morgan fingerprint density at radius 2 is 1.88 bits per heavy atom. The summed E-state index contributed by atoms with van der Waals surface area (Å²) in [5, 5.41) is 27.8. The van der Waals surface area contributed by atoms with Crippen molar-refractivity contribution in [2.24, 2.45) is 23.1 Å². The van der Waals surface area contributed by atoms with Crippen molar-refractivity contribution in [1.29, 1.82) is 5.26 Å². The molecule has 1 aliphatic carbocycles. The zero-order valence-corrected chi connectivity index (χ0v) is 22.4. The summed E-state index contributed by atoms with van der Waals surface area (Å²) in [5.41, 5.74) is 20.9. The average Bonchev–Trinajstić information content (AvgIpc) is 3.72. The predicted octanol–water partition coefficient (Wildman–Crippen LogP) is 3.94. The first-order valence-electron chi connectivity index (χ1n) is 13.4. The average molecular weight is 554 g/mol. The highest BCUT2D eigenvalue weighted by Crippen LogP contribution is 2.40. The van der Waals surface area contributed by atoms with Gasteiger partial charge in [-0.05, 0) is 71.8 Å². The van der Waals surface area contributed by atoms with Crippen LogP contribution in [-0.4, -0.2) is 20.8 Å². The number of rotatable bonds is 11. The molecule has 0 radical (unpaired) electrons. The lowest BCUT2D eigenvalue weighted by molar-refractivity contribution is 0.1000. The van der Waals surface area contributed by atoms with Crippen LogP contribution in [0, 0.1) is 23.1 Å². The van der Waals surface area contributed by atoms with Gasteiger partial charge in [-0.3, -0.25) is 4.79 Å². The molecule has 10 heteroatoms. The van der Waals surface area contributed by atoms with Gasteiger partial charge < -0.3 is 27.6 Å². The van der Waals surface area contributed by atoms with Gasteiger partial charge in [0.1, 0.15) is 11.9 Å². The number of aromatic nitrogens is 2. The summed E-state index contributed by atoms with van der Waals surface area (Å²) in [4.78, 5) is 11.6. The van der Waals surface area contributed by atoms with Crippen molar-refractivity contribution >= 4 is 11.6 Å². The molecular formula is C31H32FN7O2. The van der Waals surface area contributed by atoms with E-state index in [2.05, 4.69) is 10.4 Å². The lowest BCUT2D eigenvalue weighted by Crippen LogP contribution is -2.38. The lowest BCUT2D eigenvalue weighted by atomic mass is 9.79. The second-order valence-electron chi connectivity index (χ2n) is 10.5. The van der Waals surface area contributed by atoms with Crippen molar-refractivity contribution in [2.45, 2.75) is 44.0 Å². The Kier molecular flexibility index (Phi) is 7.85. The fraction of sp³-hybridized carbons (Fsp3) is 0.258. The van der Waals surface area contributed by atoms with Crippen LogP contribution in [0.25, 0.3) is 5.69 Å². The Labute approximate surface area is 237 Å². The number of nitrogens with one attached hydrogen (secondary N) is 1. The minimum Gasteiger partial charge on any atom is -0.368 e. The SMILES string of the molecule is N#Cc1cc(C(O)Nc2cc(C(N)(CCC3CC3)c3ccc(C(N)=O)cc3)ccc2F)n(-c2cccc(CN)c2)n1. The van der Waals surface area contributed by atoms with Gasteiger partial charge in [-0.25, -0.2) is 9.07 Å². The second-order valence-corrected chi connectivity index (χ2v) is 10.5. The van der Waals surface area contributed by atoms with Gasteiger partial charge in [-0.15, -0.1) is 0 Å². The Bertz CT molecular complexity index is 1610. The number of aliphatic hydroxyl groups is 1. The van der Waals surface area contributed by atoms with E-state index in [0.717, 1.165) is 30.4 Å². The molecule has 5 rings (SSSR count). The molecule has 41 heavy (non-hydrogen) atoms. The molecule has 0 saturated heterocycles. The van der Waals surface area contributed by atoms with E-state index in [1.807, 2.05) is 12.1 Å². The van der Waals surface area contributed by atoms with Gasteiger partial charge >= 0.3 is 0 Å². The van der Waals surface area contributed by atoms with Crippen molar-refractivity contribution in [3.05, 3.63) is 112 Å². The van der Waals surface area contributed by atoms with Crippen molar-refractivity contribution in [1.82, 2.24) is 9.78 Å². The van der Waals surface area contributed by atoms with Crippen LogP contribution in [-0.2, 0) is 12.1 Å². The summed E-state index contributed by atoms with van der Waals surface area (Å²) in [6.07, 6.45) is 2.41. The number of carbonyl (C=O) groups is 1. The summed E-state index contributed by atoms with van der Waals surface area (Å²) in [6, 6.07) is 22.0. The minimum atomic E-state index is -1.41. The molecule has 0 bridgehead atoms. The van der Waals surface area contributed by atoms with Crippen LogP contribution in [0.2, 0.25) is 0 Å². The third-order valence-corrected chi connectivity index (χ3v) is 7.62. The van der Waals surface area contributed by atoms with Gasteiger partial charge in [0.05, 0.1) is 22.6 Å². The highest BCUT2D eigenvalue weighted by Gasteiger charge is 2.34. The number of benzene rings is 3. The zero-order chi connectivity index (χ0) is 29.1. The molecule has 1 aliphatic rings. The van der Waals surface area contributed by atoms with E-state index in [1.54, 1.807) is 54.6 Å². The Morgan fingerprint density at radius 1 is 1.15 bits per heavy atom. The number of anilines is 1. The highest BCUT2D eigenvalue weighted by atomic mass is 19.1. The standard InChI is InChI=1S/C31H32FN7O2/c32-26-11-10-23(31(36,13-12-19-4-5-19)22-8-6-21(7-9-22)29(35)40)15-27(26)37-30(41)28-16-24(18-34)38-39(28)25-3-1-2-20(14-25)17-33/h1-3,6-11,14-16,19,30,37,41H,4-5,12-13,17,33,36H2,(H2,35,40). The van der Waals surface area contributed by atoms with Gasteiger partial charge in [0.2, 0.25) is 5.91 Å². The predicted molar refractivity (Wildman–Crippen MR) is 153 cm³/mol. The molecule has 0 spiro atoms. The van der Waals surface area contributed by atoms with Crippen LogP contribution in [0.5, 0.6) is 0 Å². The Balaban J connectivity index is 1.49. The molecule has 8 N–H and O–H groups in total. The molecule has 0 aliphatic heterocycles. The molecule has 210 valence electrons. The molecular weight excluding hydrogens is 521 g/mol. The molecule has 1 fully saturated rings. The largest absolute Gasteiger partial charge is 0.368 e. The van der Waals surface area contributed by atoms with Crippen molar-refractivity contribution in [3.63, 3.8) is 0 Å². The molecule has 1 heterocycles. The summed E-state index contributed by atoms with van der Waals surface area (Å²) >= 11 is 0. The van der Waals surface area contributed by atoms with E-state index in [4.69, 9.17) is 17.2 Å². The maximum atomic E-state index is 15.1. The summed E-state index contributed by atoms with van der Waals surface area (Å²) in [7, 11) is 0. The quantitative estimate of drug-likeness (QED) is 0.175. The smallest absolute Gasteiger partial charge is 0.248 e. The molecule has 2 atom stereocenters. The van der Waals surface area contributed by atoms with Gasteiger partial charge in [-0.1, -0.05) is 43.2 Å². The van der Waals surface area contributed by atoms with Crippen molar-refractivity contribution in [3.8, 4) is 11.8 Å². The highest BCUT2D eigenvalue weighted by molar-refractivity contribution is 5.92. The molecule has 3 aromatic carbocycles. The van der Waals surface area contributed by atoms with Crippen LogP contribution in [0.15, 0.2) is 72.8 Å². The third-order valence-electron chi connectivity index (χ3n) is 7.62. The van der Waals surface area contributed by atoms with Crippen molar-refractivity contribution in [2.75, 3.05) is 5.32 Å². The molecule has 2 unspecified atom stereocenters. The normalized spacial score (nSPS) is 15.1. The Hall–Kier alpha value is -4.56. The van der Waals surface area contributed by atoms with E-state index < -0.39 is 23.5 Å². The first-order chi connectivity index (χ1) is 19.7. The number of primary amides is 1. The van der Waals surface area contributed by atoms with Crippen LogP contribution in [0.4, 0.5) is 10.1 Å². The summed E-state index contributed by atoms with van der Waals surface area (Å²) < 4.78 is 16.6. The van der Waals surface area contributed by atoms with Crippen LogP contribution < -0.4 is 22.5 Å². The number of hydrogen-bond acceptors (Lipinski definition) is 7. The van der Waals surface area contributed by atoms with Crippen LogP contribution in [0.3, 0.4) is 0 Å². The van der Waals surface area contributed by atoms with E-state index in [0.29, 0.717) is 35.7 Å². The number of carbonyl (C=O) groups excluding carboxylic acids is 1. The van der Waals surface area contributed by atoms with E-state index in [1.165, 1.54) is 16.8 Å². The van der Waals surface area contributed by atoms with E-state index >= 15 is 4.39 Å². The number of amides is 1. The fourth-order valence-corrected chi connectivity index (χ4v) is 5.03. The number of nitrogens with two attached hydrogens (primary N) is 3. The second kappa shape index (κ2) is 11.5. The third kappa shape index (κ3) is 5.98. The van der Waals surface area contributed by atoms with Gasteiger partial charge in [0, 0.05) is 18.2 Å². The van der Waals surface area contributed by atoms with Gasteiger partial charge in [-0.2, -0.15) is 10.4 Å². The number of nitrogens with zero attached hydrogens (tertiary/aromatic N) is 3. The number of aliphatic hydroxyl groups excluding tert-OH is 1. The maximum absolute atomic E-state index is 15.1. The molecule has 1 aromatic heterocycles. The lowest BCUT2D eigenvalue weighted by Gasteiger charge is -2.32.